The lowest BCUT2D eigenvalue weighted by Crippen LogP contribution is -2.16. The molecule has 0 amide bonds. The zero-order valence-corrected chi connectivity index (χ0v) is 10.9. The fourth-order valence-electron chi connectivity index (χ4n) is 1.75. The number of rotatable bonds is 3. The Labute approximate surface area is 104 Å². The first-order valence-corrected chi connectivity index (χ1v) is 5.97. The second-order valence-electron chi connectivity index (χ2n) is 3.79. The van der Waals surface area contributed by atoms with E-state index in [1.165, 1.54) is 11.1 Å². The molecule has 0 aliphatic rings. The summed E-state index contributed by atoms with van der Waals surface area (Å²) < 4.78 is 6.25. The van der Waals surface area contributed by atoms with Crippen molar-refractivity contribution in [2.75, 3.05) is 7.05 Å². The second kappa shape index (κ2) is 4.85. The second-order valence-corrected chi connectivity index (χ2v) is 4.64. The maximum atomic E-state index is 5.12. The number of halogens is 1. The van der Waals surface area contributed by atoms with Crippen molar-refractivity contribution >= 4 is 15.9 Å². The number of nitrogens with one attached hydrogen (secondary N) is 1. The number of furan rings is 1. The topological polar surface area (TPSA) is 25.2 Å². The summed E-state index contributed by atoms with van der Waals surface area (Å²) in [6, 6.07) is 8.55. The molecule has 2 rings (SSSR count). The van der Waals surface area contributed by atoms with Gasteiger partial charge >= 0.3 is 0 Å². The third-order valence-electron chi connectivity index (χ3n) is 2.69. The van der Waals surface area contributed by atoms with E-state index >= 15 is 0 Å². The Morgan fingerprint density at radius 1 is 1.25 bits per heavy atom. The van der Waals surface area contributed by atoms with Gasteiger partial charge in [-0.2, -0.15) is 0 Å². The highest BCUT2D eigenvalue weighted by atomic mass is 79.9. The molecule has 0 aliphatic heterocycles. The van der Waals surface area contributed by atoms with Gasteiger partial charge in [0, 0.05) is 10.0 Å². The van der Waals surface area contributed by atoms with Gasteiger partial charge in [-0.1, -0.05) is 28.1 Å². The molecule has 0 aliphatic carbocycles. The van der Waals surface area contributed by atoms with Crippen LogP contribution < -0.4 is 5.32 Å². The Morgan fingerprint density at radius 3 is 2.62 bits per heavy atom. The molecule has 16 heavy (non-hydrogen) atoms. The summed E-state index contributed by atoms with van der Waals surface area (Å²) >= 11 is 3.56. The molecular weight excluding hydrogens is 266 g/mol. The van der Waals surface area contributed by atoms with E-state index in [-0.39, 0.29) is 6.04 Å². The average molecular weight is 280 g/mol. The highest BCUT2D eigenvalue weighted by Crippen LogP contribution is 2.26. The van der Waals surface area contributed by atoms with E-state index in [4.69, 9.17) is 4.42 Å². The van der Waals surface area contributed by atoms with Gasteiger partial charge in [0.15, 0.2) is 0 Å². The average Bonchev–Trinajstić information content (AvgIpc) is 2.78. The van der Waals surface area contributed by atoms with E-state index < -0.39 is 0 Å². The minimum absolute atomic E-state index is 0.177. The number of hydrogen-bond acceptors (Lipinski definition) is 2. The van der Waals surface area contributed by atoms with Crippen molar-refractivity contribution in [3.8, 4) is 0 Å². The fraction of sp³-hybridized carbons (Fsp3) is 0.231. The van der Waals surface area contributed by atoms with Crippen molar-refractivity contribution in [1.29, 1.82) is 0 Å². The molecule has 1 aromatic heterocycles. The third kappa shape index (κ3) is 2.20. The van der Waals surface area contributed by atoms with Crippen LogP contribution in [0, 0.1) is 6.92 Å². The molecule has 0 radical (unpaired) electrons. The van der Waals surface area contributed by atoms with Gasteiger partial charge in [0.05, 0.1) is 18.6 Å². The SMILES string of the molecule is CNC(c1ccoc1)c1ccc(C)c(Br)c1. The van der Waals surface area contributed by atoms with Crippen LogP contribution >= 0.6 is 15.9 Å². The number of aryl methyl sites for hydroxylation is 1. The Hall–Kier alpha value is -1.06. The van der Waals surface area contributed by atoms with E-state index in [9.17, 15) is 0 Å². The zero-order valence-electron chi connectivity index (χ0n) is 9.33. The standard InChI is InChI=1S/C13H14BrNO/c1-9-3-4-10(7-12(9)14)13(15-2)11-5-6-16-8-11/h3-8,13,15H,1-2H3. The van der Waals surface area contributed by atoms with E-state index in [0.717, 1.165) is 10.0 Å². The highest BCUT2D eigenvalue weighted by molar-refractivity contribution is 9.10. The monoisotopic (exact) mass is 279 g/mol. The molecule has 3 heteroatoms. The number of hydrogen-bond donors (Lipinski definition) is 1. The smallest absolute Gasteiger partial charge is 0.0953 e. The van der Waals surface area contributed by atoms with Crippen molar-refractivity contribution < 1.29 is 4.42 Å². The number of benzene rings is 1. The molecule has 2 aromatic rings. The highest BCUT2D eigenvalue weighted by Gasteiger charge is 2.13. The van der Waals surface area contributed by atoms with Crippen molar-refractivity contribution in [3.63, 3.8) is 0 Å². The van der Waals surface area contributed by atoms with Crippen molar-refractivity contribution in [2.45, 2.75) is 13.0 Å². The maximum absolute atomic E-state index is 5.12. The van der Waals surface area contributed by atoms with Crippen molar-refractivity contribution in [1.82, 2.24) is 5.32 Å². The normalized spacial score (nSPS) is 12.7. The third-order valence-corrected chi connectivity index (χ3v) is 3.55. The lowest BCUT2D eigenvalue weighted by Gasteiger charge is -2.15. The summed E-state index contributed by atoms with van der Waals surface area (Å²) in [6.45, 7) is 2.08. The lowest BCUT2D eigenvalue weighted by molar-refractivity contribution is 0.557. The van der Waals surface area contributed by atoms with E-state index in [1.54, 1.807) is 12.5 Å². The fourth-order valence-corrected chi connectivity index (χ4v) is 2.15. The first-order valence-electron chi connectivity index (χ1n) is 5.18. The van der Waals surface area contributed by atoms with Gasteiger partial charge in [-0.05, 0) is 37.2 Å². The summed E-state index contributed by atoms with van der Waals surface area (Å²) in [5.74, 6) is 0. The minimum atomic E-state index is 0.177. The molecule has 1 heterocycles. The van der Waals surface area contributed by atoms with Crippen LogP contribution in [0.15, 0.2) is 45.7 Å². The maximum Gasteiger partial charge on any atom is 0.0953 e. The molecule has 0 saturated carbocycles. The minimum Gasteiger partial charge on any atom is -0.472 e. The molecule has 1 N–H and O–H groups in total. The molecule has 0 bridgehead atoms. The Bertz CT molecular complexity index is 465. The Morgan fingerprint density at radius 2 is 2.06 bits per heavy atom. The van der Waals surface area contributed by atoms with Crippen LogP contribution in [-0.4, -0.2) is 7.05 Å². The zero-order chi connectivity index (χ0) is 11.5. The van der Waals surface area contributed by atoms with Gasteiger partial charge in [-0.15, -0.1) is 0 Å². The van der Waals surface area contributed by atoms with E-state index in [1.807, 2.05) is 13.1 Å². The molecule has 1 aromatic carbocycles. The summed E-state index contributed by atoms with van der Waals surface area (Å²) in [4.78, 5) is 0. The summed E-state index contributed by atoms with van der Waals surface area (Å²) in [7, 11) is 1.95. The van der Waals surface area contributed by atoms with Gasteiger partial charge in [0.1, 0.15) is 0 Å². The van der Waals surface area contributed by atoms with E-state index in [0.29, 0.717) is 0 Å². The van der Waals surface area contributed by atoms with E-state index in [2.05, 4.69) is 46.4 Å². The van der Waals surface area contributed by atoms with Crippen LogP contribution in [0.1, 0.15) is 22.7 Å². The molecule has 0 saturated heterocycles. The van der Waals surface area contributed by atoms with Gasteiger partial charge in [0.2, 0.25) is 0 Å². The van der Waals surface area contributed by atoms with Gasteiger partial charge in [0.25, 0.3) is 0 Å². The first-order chi connectivity index (χ1) is 7.72. The molecule has 2 nitrogen and oxygen atoms in total. The molecule has 1 unspecified atom stereocenters. The predicted octanol–water partition coefficient (Wildman–Crippen LogP) is 3.66. The molecule has 0 spiro atoms. The molecular formula is C13H14BrNO. The Kier molecular flexibility index (Phi) is 3.46. The van der Waals surface area contributed by atoms with Crippen LogP contribution in [0.2, 0.25) is 0 Å². The molecule has 0 fully saturated rings. The quantitative estimate of drug-likeness (QED) is 0.928. The summed E-state index contributed by atoms with van der Waals surface area (Å²) in [6.07, 6.45) is 3.47. The van der Waals surface area contributed by atoms with Crippen molar-refractivity contribution in [2.24, 2.45) is 0 Å². The van der Waals surface area contributed by atoms with Gasteiger partial charge < -0.3 is 9.73 Å². The van der Waals surface area contributed by atoms with Crippen LogP contribution in [0.25, 0.3) is 0 Å². The summed E-state index contributed by atoms with van der Waals surface area (Å²) in [5.41, 5.74) is 3.60. The largest absolute Gasteiger partial charge is 0.472 e. The summed E-state index contributed by atoms with van der Waals surface area (Å²) in [5, 5.41) is 3.29. The molecule has 84 valence electrons. The van der Waals surface area contributed by atoms with Crippen molar-refractivity contribution in [3.05, 3.63) is 58.0 Å². The van der Waals surface area contributed by atoms with Crippen LogP contribution in [0.3, 0.4) is 0 Å². The predicted molar refractivity (Wildman–Crippen MR) is 68.5 cm³/mol. The van der Waals surface area contributed by atoms with Crippen LogP contribution in [-0.2, 0) is 0 Å². The first kappa shape index (κ1) is 11.4. The molecule has 1 atom stereocenters. The van der Waals surface area contributed by atoms with Gasteiger partial charge in [-0.3, -0.25) is 0 Å². The Balaban J connectivity index is 2.37. The lowest BCUT2D eigenvalue weighted by atomic mass is 10.0. The van der Waals surface area contributed by atoms with Crippen LogP contribution in [0.5, 0.6) is 0 Å². The van der Waals surface area contributed by atoms with Crippen LogP contribution in [0.4, 0.5) is 0 Å². The van der Waals surface area contributed by atoms with Gasteiger partial charge in [-0.25, -0.2) is 0 Å².